The summed E-state index contributed by atoms with van der Waals surface area (Å²) in [6.45, 7) is 4.81. The van der Waals surface area contributed by atoms with E-state index < -0.39 is 0 Å². The molecule has 1 N–H and O–H groups in total. The van der Waals surface area contributed by atoms with Gasteiger partial charge in [0, 0.05) is 0 Å². The number of aryl methyl sites for hydroxylation is 2. The van der Waals surface area contributed by atoms with Crippen LogP contribution in [0.1, 0.15) is 22.7 Å². The van der Waals surface area contributed by atoms with E-state index in [4.69, 9.17) is 4.74 Å². The molecule has 0 aliphatic carbocycles. The highest BCUT2D eigenvalue weighted by molar-refractivity contribution is 5.33. The average molecular weight is 255 g/mol. The normalized spacial score (nSPS) is 12.2. The SMILES string of the molecule is CNC(COc1cc(C)cc(C)c1)c1ccccc1. The Hall–Kier alpha value is -1.80. The van der Waals surface area contributed by atoms with Crippen molar-refractivity contribution in [3.05, 3.63) is 65.2 Å². The topological polar surface area (TPSA) is 21.3 Å². The fourth-order valence-electron chi connectivity index (χ4n) is 2.23. The molecule has 0 fully saturated rings. The first kappa shape index (κ1) is 13.6. The highest BCUT2D eigenvalue weighted by Gasteiger charge is 2.09. The van der Waals surface area contributed by atoms with Gasteiger partial charge in [0.25, 0.3) is 0 Å². The van der Waals surface area contributed by atoms with E-state index >= 15 is 0 Å². The maximum Gasteiger partial charge on any atom is 0.119 e. The van der Waals surface area contributed by atoms with Crippen LogP contribution in [0.3, 0.4) is 0 Å². The van der Waals surface area contributed by atoms with Crippen LogP contribution in [-0.2, 0) is 0 Å². The molecule has 2 aromatic rings. The summed E-state index contributed by atoms with van der Waals surface area (Å²) in [4.78, 5) is 0. The molecule has 0 saturated carbocycles. The Balaban J connectivity index is 2.04. The first-order chi connectivity index (χ1) is 9.19. The van der Waals surface area contributed by atoms with Crippen LogP contribution < -0.4 is 10.1 Å². The molecule has 0 bridgehead atoms. The molecule has 0 spiro atoms. The Morgan fingerprint density at radius 1 is 1.00 bits per heavy atom. The number of benzene rings is 2. The van der Waals surface area contributed by atoms with E-state index in [1.54, 1.807) is 0 Å². The molecule has 0 radical (unpaired) electrons. The van der Waals surface area contributed by atoms with Gasteiger partial charge in [-0.2, -0.15) is 0 Å². The maximum atomic E-state index is 5.91. The number of rotatable bonds is 5. The molecule has 0 aliphatic rings. The molecule has 2 aromatic carbocycles. The lowest BCUT2D eigenvalue weighted by Gasteiger charge is -2.18. The minimum atomic E-state index is 0.210. The van der Waals surface area contributed by atoms with Crippen molar-refractivity contribution in [2.45, 2.75) is 19.9 Å². The van der Waals surface area contributed by atoms with Gasteiger partial charge in [-0.3, -0.25) is 0 Å². The number of hydrogen-bond acceptors (Lipinski definition) is 2. The second kappa shape index (κ2) is 6.39. The third kappa shape index (κ3) is 3.83. The van der Waals surface area contributed by atoms with E-state index in [0.29, 0.717) is 6.61 Å². The second-order valence-electron chi connectivity index (χ2n) is 4.89. The lowest BCUT2D eigenvalue weighted by molar-refractivity contribution is 0.273. The number of likely N-dealkylation sites (N-methyl/N-ethyl adjacent to an activating group) is 1. The van der Waals surface area contributed by atoms with E-state index in [2.05, 4.69) is 61.6 Å². The first-order valence-corrected chi connectivity index (χ1v) is 6.62. The summed E-state index contributed by atoms with van der Waals surface area (Å²) in [6.07, 6.45) is 0. The van der Waals surface area contributed by atoms with Crippen LogP contribution >= 0.6 is 0 Å². The van der Waals surface area contributed by atoms with Gasteiger partial charge in [0.1, 0.15) is 12.4 Å². The van der Waals surface area contributed by atoms with Crippen molar-refractivity contribution in [2.75, 3.05) is 13.7 Å². The van der Waals surface area contributed by atoms with Crippen molar-refractivity contribution < 1.29 is 4.74 Å². The molecule has 0 heterocycles. The molecule has 0 saturated heterocycles. The maximum absolute atomic E-state index is 5.91. The van der Waals surface area contributed by atoms with Crippen molar-refractivity contribution in [1.29, 1.82) is 0 Å². The predicted molar refractivity (Wildman–Crippen MR) is 79.7 cm³/mol. The summed E-state index contributed by atoms with van der Waals surface area (Å²) in [6, 6.07) is 16.9. The monoisotopic (exact) mass is 255 g/mol. The van der Waals surface area contributed by atoms with Gasteiger partial charge < -0.3 is 10.1 Å². The van der Waals surface area contributed by atoms with Crippen LogP contribution in [0.5, 0.6) is 5.75 Å². The first-order valence-electron chi connectivity index (χ1n) is 6.62. The lowest BCUT2D eigenvalue weighted by atomic mass is 10.1. The van der Waals surface area contributed by atoms with E-state index in [9.17, 15) is 0 Å². The summed E-state index contributed by atoms with van der Waals surface area (Å²) in [5.41, 5.74) is 3.71. The molecule has 2 heteroatoms. The lowest BCUT2D eigenvalue weighted by Crippen LogP contribution is -2.23. The number of ether oxygens (including phenoxy) is 1. The molecule has 0 aliphatic heterocycles. The van der Waals surface area contributed by atoms with E-state index in [0.717, 1.165) is 5.75 Å². The number of nitrogens with one attached hydrogen (secondary N) is 1. The van der Waals surface area contributed by atoms with Gasteiger partial charge in [0.2, 0.25) is 0 Å². The Morgan fingerprint density at radius 2 is 1.63 bits per heavy atom. The van der Waals surface area contributed by atoms with Gasteiger partial charge in [0.15, 0.2) is 0 Å². The fraction of sp³-hybridized carbons (Fsp3) is 0.294. The van der Waals surface area contributed by atoms with E-state index in [-0.39, 0.29) is 6.04 Å². The Bertz CT molecular complexity index is 502. The van der Waals surface area contributed by atoms with Crippen LogP contribution in [0.2, 0.25) is 0 Å². The highest BCUT2D eigenvalue weighted by atomic mass is 16.5. The van der Waals surface area contributed by atoms with Crippen molar-refractivity contribution in [3.8, 4) is 5.75 Å². The van der Waals surface area contributed by atoms with Gasteiger partial charge in [-0.05, 0) is 49.7 Å². The van der Waals surface area contributed by atoms with Crippen molar-refractivity contribution in [1.82, 2.24) is 5.32 Å². The molecular weight excluding hydrogens is 234 g/mol. The Labute approximate surface area is 115 Å². The van der Waals surface area contributed by atoms with Crippen molar-refractivity contribution >= 4 is 0 Å². The predicted octanol–water partition coefficient (Wildman–Crippen LogP) is 3.64. The van der Waals surface area contributed by atoms with Gasteiger partial charge in [-0.15, -0.1) is 0 Å². The summed E-state index contributed by atoms with van der Waals surface area (Å²) < 4.78 is 5.91. The molecule has 0 aromatic heterocycles. The fourth-order valence-corrected chi connectivity index (χ4v) is 2.23. The van der Waals surface area contributed by atoms with Crippen molar-refractivity contribution in [3.63, 3.8) is 0 Å². The zero-order valence-electron chi connectivity index (χ0n) is 11.8. The van der Waals surface area contributed by atoms with Crippen LogP contribution in [0.15, 0.2) is 48.5 Å². The standard InChI is InChI=1S/C17H21NO/c1-13-9-14(2)11-16(10-13)19-12-17(18-3)15-7-5-4-6-8-15/h4-11,17-18H,12H2,1-3H3. The quantitative estimate of drug-likeness (QED) is 0.880. The van der Waals surface area contributed by atoms with Gasteiger partial charge in [-0.1, -0.05) is 36.4 Å². The highest BCUT2D eigenvalue weighted by Crippen LogP contribution is 2.19. The Kier molecular flexibility index (Phi) is 4.58. The average Bonchev–Trinajstić information content (AvgIpc) is 2.39. The third-order valence-electron chi connectivity index (χ3n) is 3.16. The Morgan fingerprint density at radius 3 is 2.21 bits per heavy atom. The zero-order valence-corrected chi connectivity index (χ0v) is 11.8. The molecule has 100 valence electrons. The van der Waals surface area contributed by atoms with Crippen LogP contribution in [-0.4, -0.2) is 13.7 Å². The molecule has 0 amide bonds. The number of hydrogen-bond donors (Lipinski definition) is 1. The zero-order chi connectivity index (χ0) is 13.7. The molecule has 2 rings (SSSR count). The minimum absolute atomic E-state index is 0.210. The third-order valence-corrected chi connectivity index (χ3v) is 3.16. The molecule has 2 nitrogen and oxygen atoms in total. The van der Waals surface area contributed by atoms with Crippen LogP contribution in [0.4, 0.5) is 0 Å². The van der Waals surface area contributed by atoms with Gasteiger partial charge in [-0.25, -0.2) is 0 Å². The van der Waals surface area contributed by atoms with E-state index in [1.165, 1.54) is 16.7 Å². The summed E-state index contributed by atoms with van der Waals surface area (Å²) in [7, 11) is 1.96. The van der Waals surface area contributed by atoms with Gasteiger partial charge >= 0.3 is 0 Å². The molecular formula is C17H21NO. The smallest absolute Gasteiger partial charge is 0.119 e. The summed E-state index contributed by atoms with van der Waals surface area (Å²) in [5.74, 6) is 0.939. The molecule has 19 heavy (non-hydrogen) atoms. The van der Waals surface area contributed by atoms with E-state index in [1.807, 2.05) is 13.1 Å². The minimum Gasteiger partial charge on any atom is -0.492 e. The second-order valence-corrected chi connectivity index (χ2v) is 4.89. The largest absolute Gasteiger partial charge is 0.492 e. The van der Waals surface area contributed by atoms with Crippen LogP contribution in [0.25, 0.3) is 0 Å². The van der Waals surface area contributed by atoms with Crippen LogP contribution in [0, 0.1) is 13.8 Å². The summed E-state index contributed by atoms with van der Waals surface area (Å²) >= 11 is 0. The van der Waals surface area contributed by atoms with Gasteiger partial charge in [0.05, 0.1) is 6.04 Å². The summed E-state index contributed by atoms with van der Waals surface area (Å²) in [5, 5.41) is 3.29. The molecule has 1 unspecified atom stereocenters. The molecule has 1 atom stereocenters. The van der Waals surface area contributed by atoms with Crippen molar-refractivity contribution in [2.24, 2.45) is 0 Å².